The van der Waals surface area contributed by atoms with E-state index in [-0.39, 0.29) is 12.7 Å². The molecule has 0 aromatic rings. The van der Waals surface area contributed by atoms with E-state index in [0.29, 0.717) is 18.9 Å². The molecule has 4 nitrogen and oxygen atoms in total. The normalized spacial score (nSPS) is 13.4. The average Bonchev–Trinajstić information content (AvgIpc) is 2.65. The maximum absolute atomic E-state index is 11.6. The third-order valence-electron chi connectivity index (χ3n) is 5.08. The Morgan fingerprint density at radius 1 is 0.885 bits per heavy atom. The lowest BCUT2D eigenvalue weighted by molar-refractivity contribution is 0.0549. The summed E-state index contributed by atoms with van der Waals surface area (Å²) in [6.07, 6.45) is 17.4. The second-order valence-corrected chi connectivity index (χ2v) is 7.78. The first kappa shape index (κ1) is 25.2. The van der Waals surface area contributed by atoms with Gasteiger partial charge in [-0.3, -0.25) is 0 Å². The van der Waals surface area contributed by atoms with Gasteiger partial charge in [0.05, 0.1) is 6.61 Å². The predicted octanol–water partition coefficient (Wildman–Crippen LogP) is 6.21. The number of aliphatic hydroxyl groups excluding tert-OH is 1. The lowest BCUT2D eigenvalue weighted by atomic mass is 10.0. The zero-order chi connectivity index (χ0) is 19.5. The molecule has 0 bridgehead atoms. The van der Waals surface area contributed by atoms with E-state index >= 15 is 0 Å². The van der Waals surface area contributed by atoms with Crippen LogP contribution in [-0.4, -0.2) is 30.5 Å². The molecular weight excluding hydrogens is 326 g/mol. The molecule has 0 aliphatic carbocycles. The average molecular weight is 372 g/mol. The number of rotatable bonds is 18. The van der Waals surface area contributed by atoms with Crippen LogP contribution in [0.4, 0.5) is 4.79 Å². The van der Waals surface area contributed by atoms with E-state index in [9.17, 15) is 4.79 Å². The molecule has 0 fully saturated rings. The summed E-state index contributed by atoms with van der Waals surface area (Å²) in [5.41, 5.74) is 0. The third kappa shape index (κ3) is 16.7. The van der Waals surface area contributed by atoms with Gasteiger partial charge in [0.1, 0.15) is 6.10 Å². The highest BCUT2D eigenvalue weighted by atomic mass is 16.6. The van der Waals surface area contributed by atoms with Crippen molar-refractivity contribution in [1.29, 1.82) is 0 Å². The molecule has 1 amide bonds. The molecule has 0 aromatic heterocycles. The standard InChI is InChI=1S/C22H45NO3/c1-4-6-7-8-9-10-11-12-13-14-15-16-17-20(3)18-23-22(25)26-21(5-2)19-24/h20-21,24H,4-19H2,1-3H3,(H,23,25). The first-order chi connectivity index (χ1) is 12.6. The summed E-state index contributed by atoms with van der Waals surface area (Å²) in [4.78, 5) is 11.6. The number of unbranched alkanes of at least 4 members (excludes halogenated alkanes) is 11. The Hall–Kier alpha value is -0.770. The summed E-state index contributed by atoms with van der Waals surface area (Å²) in [6.45, 7) is 6.87. The van der Waals surface area contributed by atoms with Crippen LogP contribution in [0.5, 0.6) is 0 Å². The number of hydrogen-bond acceptors (Lipinski definition) is 3. The lowest BCUT2D eigenvalue weighted by Crippen LogP contribution is -2.33. The van der Waals surface area contributed by atoms with Crippen LogP contribution in [0.25, 0.3) is 0 Å². The SMILES string of the molecule is CCCCCCCCCCCCCCC(C)CNC(=O)OC(CC)CO. The van der Waals surface area contributed by atoms with Gasteiger partial charge in [-0.1, -0.05) is 97.8 Å². The van der Waals surface area contributed by atoms with E-state index in [4.69, 9.17) is 9.84 Å². The molecule has 0 saturated heterocycles. The smallest absolute Gasteiger partial charge is 0.407 e. The number of alkyl carbamates (subject to hydrolysis) is 1. The van der Waals surface area contributed by atoms with E-state index < -0.39 is 6.09 Å². The second kappa shape index (κ2) is 19.0. The fourth-order valence-corrected chi connectivity index (χ4v) is 3.14. The number of ether oxygens (including phenoxy) is 1. The minimum Gasteiger partial charge on any atom is -0.444 e. The van der Waals surface area contributed by atoms with Gasteiger partial charge in [-0.15, -0.1) is 0 Å². The molecule has 0 aliphatic heterocycles. The molecule has 4 heteroatoms. The molecule has 0 radical (unpaired) electrons. The fourth-order valence-electron chi connectivity index (χ4n) is 3.14. The molecule has 2 N–H and O–H groups in total. The Morgan fingerprint density at radius 3 is 1.85 bits per heavy atom. The maximum Gasteiger partial charge on any atom is 0.407 e. The van der Waals surface area contributed by atoms with Crippen molar-refractivity contribution < 1.29 is 14.6 Å². The molecule has 0 aromatic carbocycles. The molecule has 2 atom stereocenters. The summed E-state index contributed by atoms with van der Waals surface area (Å²) >= 11 is 0. The predicted molar refractivity (Wildman–Crippen MR) is 111 cm³/mol. The van der Waals surface area contributed by atoms with Gasteiger partial charge in [-0.2, -0.15) is 0 Å². The fraction of sp³-hybridized carbons (Fsp3) is 0.955. The Kier molecular flexibility index (Phi) is 18.4. The molecule has 156 valence electrons. The quantitative estimate of drug-likeness (QED) is 0.282. The van der Waals surface area contributed by atoms with E-state index in [1.807, 2.05) is 6.92 Å². The Morgan fingerprint density at radius 2 is 1.38 bits per heavy atom. The van der Waals surface area contributed by atoms with Crippen molar-refractivity contribution in [2.24, 2.45) is 5.92 Å². The largest absolute Gasteiger partial charge is 0.444 e. The minimum atomic E-state index is -0.410. The zero-order valence-electron chi connectivity index (χ0n) is 17.7. The highest BCUT2D eigenvalue weighted by Gasteiger charge is 2.11. The Labute approximate surface area is 162 Å². The number of carbonyl (C=O) groups excluding carboxylic acids is 1. The van der Waals surface area contributed by atoms with Gasteiger partial charge in [0.2, 0.25) is 0 Å². The van der Waals surface area contributed by atoms with Crippen molar-refractivity contribution in [1.82, 2.24) is 5.32 Å². The van der Waals surface area contributed by atoms with E-state index in [1.54, 1.807) is 0 Å². The Balaban J connectivity index is 3.36. The topological polar surface area (TPSA) is 58.6 Å². The second-order valence-electron chi connectivity index (χ2n) is 7.78. The molecule has 26 heavy (non-hydrogen) atoms. The van der Waals surface area contributed by atoms with Crippen LogP contribution in [0.2, 0.25) is 0 Å². The van der Waals surface area contributed by atoms with Gasteiger partial charge < -0.3 is 15.2 Å². The molecule has 0 heterocycles. The van der Waals surface area contributed by atoms with Gasteiger partial charge in [0.25, 0.3) is 0 Å². The summed E-state index contributed by atoms with van der Waals surface area (Å²) in [5.74, 6) is 0.472. The monoisotopic (exact) mass is 371 g/mol. The number of carbonyl (C=O) groups is 1. The summed E-state index contributed by atoms with van der Waals surface area (Å²) in [7, 11) is 0. The highest BCUT2D eigenvalue weighted by Crippen LogP contribution is 2.14. The van der Waals surface area contributed by atoms with Gasteiger partial charge in [0, 0.05) is 6.54 Å². The van der Waals surface area contributed by atoms with Gasteiger partial charge in [0.15, 0.2) is 0 Å². The van der Waals surface area contributed by atoms with Crippen LogP contribution < -0.4 is 5.32 Å². The van der Waals surface area contributed by atoms with Gasteiger partial charge in [-0.25, -0.2) is 4.79 Å². The third-order valence-corrected chi connectivity index (χ3v) is 5.08. The van der Waals surface area contributed by atoms with Crippen LogP contribution in [0, 0.1) is 5.92 Å². The number of amides is 1. The molecule has 0 saturated carbocycles. The highest BCUT2D eigenvalue weighted by molar-refractivity contribution is 5.67. The maximum atomic E-state index is 11.6. The summed E-state index contributed by atoms with van der Waals surface area (Å²) < 4.78 is 5.12. The van der Waals surface area contributed by atoms with Crippen LogP contribution in [0.3, 0.4) is 0 Å². The number of hydrogen-bond donors (Lipinski definition) is 2. The van der Waals surface area contributed by atoms with Crippen molar-refractivity contribution in [3.05, 3.63) is 0 Å². The summed E-state index contributed by atoms with van der Waals surface area (Å²) in [5, 5.41) is 11.8. The van der Waals surface area contributed by atoms with Crippen molar-refractivity contribution >= 4 is 6.09 Å². The summed E-state index contributed by atoms with van der Waals surface area (Å²) in [6, 6.07) is 0. The van der Waals surface area contributed by atoms with Crippen molar-refractivity contribution in [2.75, 3.05) is 13.2 Å². The lowest BCUT2D eigenvalue weighted by Gasteiger charge is -2.16. The van der Waals surface area contributed by atoms with Gasteiger partial charge >= 0.3 is 6.09 Å². The number of aliphatic hydroxyl groups is 1. The van der Waals surface area contributed by atoms with Crippen LogP contribution in [-0.2, 0) is 4.74 Å². The van der Waals surface area contributed by atoms with Crippen molar-refractivity contribution in [2.45, 2.75) is 117 Å². The van der Waals surface area contributed by atoms with E-state index in [1.165, 1.54) is 77.0 Å². The van der Waals surface area contributed by atoms with Crippen LogP contribution in [0.1, 0.15) is 111 Å². The van der Waals surface area contributed by atoms with Crippen LogP contribution in [0.15, 0.2) is 0 Å². The molecule has 0 spiro atoms. The molecule has 0 aliphatic rings. The van der Waals surface area contributed by atoms with Crippen molar-refractivity contribution in [3.8, 4) is 0 Å². The molecule has 0 rings (SSSR count). The first-order valence-corrected chi connectivity index (χ1v) is 11.2. The molecule has 2 unspecified atom stereocenters. The van der Waals surface area contributed by atoms with E-state index in [2.05, 4.69) is 19.2 Å². The Bertz CT molecular complexity index is 306. The van der Waals surface area contributed by atoms with Gasteiger partial charge in [-0.05, 0) is 18.8 Å². The molecular formula is C22H45NO3. The zero-order valence-corrected chi connectivity index (χ0v) is 17.7. The van der Waals surface area contributed by atoms with Crippen LogP contribution >= 0.6 is 0 Å². The number of nitrogens with one attached hydrogen (secondary N) is 1. The first-order valence-electron chi connectivity index (χ1n) is 11.2. The minimum absolute atomic E-state index is 0.113. The van der Waals surface area contributed by atoms with E-state index in [0.717, 1.165) is 6.42 Å². The van der Waals surface area contributed by atoms with Crippen molar-refractivity contribution in [3.63, 3.8) is 0 Å².